The van der Waals surface area contributed by atoms with E-state index in [-0.39, 0.29) is 31.1 Å². The zero-order valence-corrected chi connectivity index (χ0v) is 14.2. The van der Waals surface area contributed by atoms with E-state index in [1.807, 2.05) is 68.4 Å². The molecule has 0 amide bonds. The van der Waals surface area contributed by atoms with Gasteiger partial charge in [0.05, 0.1) is 6.42 Å². The van der Waals surface area contributed by atoms with E-state index >= 15 is 0 Å². The van der Waals surface area contributed by atoms with Crippen LogP contribution in [0.2, 0.25) is 5.02 Å². The van der Waals surface area contributed by atoms with Crippen LogP contribution in [0.1, 0.15) is 37.4 Å². The summed E-state index contributed by atoms with van der Waals surface area (Å²) in [6.45, 7) is 4.37. The Morgan fingerprint density at radius 2 is 1.74 bits per heavy atom. The normalized spacial score (nSPS) is 12.2. The molecule has 1 N–H and O–H groups in total. The molecule has 0 radical (unpaired) electrons. The van der Waals surface area contributed by atoms with Crippen LogP contribution in [0.15, 0.2) is 54.6 Å². The predicted molar refractivity (Wildman–Crippen MR) is 93.3 cm³/mol. The van der Waals surface area contributed by atoms with Crippen molar-refractivity contribution in [1.82, 2.24) is 5.32 Å². The second-order valence-corrected chi connectivity index (χ2v) is 6.15. The van der Waals surface area contributed by atoms with Gasteiger partial charge in [0.15, 0.2) is 0 Å². The molecule has 0 aliphatic heterocycles. The maximum absolute atomic E-state index is 12.2. The topological polar surface area (TPSA) is 38.3 Å². The Bertz CT molecular complexity index is 628. The third-order valence-electron chi connectivity index (χ3n) is 3.43. The molecule has 2 aromatic carbocycles. The summed E-state index contributed by atoms with van der Waals surface area (Å²) in [4.78, 5) is 12.2. The van der Waals surface area contributed by atoms with Gasteiger partial charge in [-0.05, 0) is 17.2 Å². The van der Waals surface area contributed by atoms with Crippen molar-refractivity contribution >= 4 is 17.6 Å². The average molecular weight is 332 g/mol. The van der Waals surface area contributed by atoms with Crippen molar-refractivity contribution in [2.45, 2.75) is 39.0 Å². The number of carbonyl (C=O) groups excluding carboxylic acids is 1. The lowest BCUT2D eigenvalue weighted by Gasteiger charge is -2.22. The molecule has 2 rings (SSSR count). The van der Waals surface area contributed by atoms with Gasteiger partial charge in [-0.2, -0.15) is 0 Å². The third kappa shape index (κ3) is 5.70. The fourth-order valence-corrected chi connectivity index (χ4v) is 2.65. The van der Waals surface area contributed by atoms with Gasteiger partial charge in [0, 0.05) is 17.1 Å². The number of hydrogen-bond donors (Lipinski definition) is 1. The van der Waals surface area contributed by atoms with E-state index in [0.29, 0.717) is 5.02 Å². The van der Waals surface area contributed by atoms with E-state index in [0.717, 1.165) is 11.1 Å². The summed E-state index contributed by atoms with van der Waals surface area (Å²) in [5.41, 5.74) is 1.89. The van der Waals surface area contributed by atoms with Crippen molar-refractivity contribution in [3.63, 3.8) is 0 Å². The molecule has 0 aliphatic rings. The minimum atomic E-state index is -0.244. The van der Waals surface area contributed by atoms with Crippen molar-refractivity contribution in [1.29, 1.82) is 0 Å². The second kappa shape index (κ2) is 8.70. The van der Waals surface area contributed by atoms with Crippen molar-refractivity contribution < 1.29 is 9.53 Å². The van der Waals surface area contributed by atoms with Gasteiger partial charge in [-0.1, -0.05) is 74.0 Å². The molecule has 0 saturated carbocycles. The third-order valence-corrected chi connectivity index (χ3v) is 3.77. The van der Waals surface area contributed by atoms with Crippen LogP contribution in [-0.2, 0) is 16.1 Å². The molecular formula is C19H22ClNO2. The summed E-state index contributed by atoms with van der Waals surface area (Å²) < 4.78 is 5.38. The summed E-state index contributed by atoms with van der Waals surface area (Å²) in [7, 11) is 0. The van der Waals surface area contributed by atoms with E-state index < -0.39 is 0 Å². The minimum Gasteiger partial charge on any atom is -0.461 e. The summed E-state index contributed by atoms with van der Waals surface area (Å²) in [5, 5.41) is 4.03. The first kappa shape index (κ1) is 17.5. The monoisotopic (exact) mass is 331 g/mol. The van der Waals surface area contributed by atoms with E-state index in [9.17, 15) is 4.79 Å². The van der Waals surface area contributed by atoms with Crippen LogP contribution in [-0.4, -0.2) is 12.0 Å². The molecule has 2 aromatic rings. The molecule has 0 fully saturated rings. The summed E-state index contributed by atoms with van der Waals surface area (Å²) >= 11 is 6.27. The number of esters is 1. The molecule has 23 heavy (non-hydrogen) atoms. The van der Waals surface area contributed by atoms with Crippen LogP contribution in [0.5, 0.6) is 0 Å². The van der Waals surface area contributed by atoms with Crippen LogP contribution < -0.4 is 5.32 Å². The first-order valence-corrected chi connectivity index (χ1v) is 8.14. The molecule has 0 saturated heterocycles. The van der Waals surface area contributed by atoms with Gasteiger partial charge in [0.25, 0.3) is 0 Å². The van der Waals surface area contributed by atoms with E-state index in [2.05, 4.69) is 5.32 Å². The number of rotatable bonds is 7. The minimum absolute atomic E-state index is 0.160. The molecule has 0 bridgehead atoms. The fraction of sp³-hybridized carbons (Fsp3) is 0.316. The molecule has 3 nitrogen and oxygen atoms in total. The first-order chi connectivity index (χ1) is 11.1. The Balaban J connectivity index is 2.00. The van der Waals surface area contributed by atoms with Crippen molar-refractivity contribution in [3.05, 3.63) is 70.7 Å². The number of carbonyl (C=O) groups is 1. The van der Waals surface area contributed by atoms with Crippen LogP contribution in [0.3, 0.4) is 0 Å². The fourth-order valence-electron chi connectivity index (χ4n) is 2.38. The maximum Gasteiger partial charge on any atom is 0.308 e. The SMILES string of the molecule is CC(C)NC(CC(=O)OCc1ccccc1)c1ccccc1Cl. The van der Waals surface area contributed by atoms with E-state index in [1.54, 1.807) is 0 Å². The Morgan fingerprint density at radius 1 is 1.09 bits per heavy atom. The quantitative estimate of drug-likeness (QED) is 0.758. The van der Waals surface area contributed by atoms with Crippen LogP contribution >= 0.6 is 11.6 Å². The van der Waals surface area contributed by atoms with Gasteiger partial charge >= 0.3 is 5.97 Å². The Labute approximate surface area is 142 Å². The number of ether oxygens (including phenoxy) is 1. The molecule has 4 heteroatoms. The van der Waals surface area contributed by atoms with Crippen molar-refractivity contribution in [2.24, 2.45) is 0 Å². The second-order valence-electron chi connectivity index (χ2n) is 5.75. The number of nitrogens with one attached hydrogen (secondary N) is 1. The molecule has 0 heterocycles. The van der Waals surface area contributed by atoms with Gasteiger partial charge in [0.1, 0.15) is 6.61 Å². The lowest BCUT2D eigenvalue weighted by Crippen LogP contribution is -2.30. The van der Waals surface area contributed by atoms with Crippen molar-refractivity contribution in [2.75, 3.05) is 0 Å². The summed E-state index contributed by atoms with van der Waals surface area (Å²) in [6.07, 6.45) is 0.245. The molecule has 1 atom stereocenters. The lowest BCUT2D eigenvalue weighted by atomic mass is 10.0. The first-order valence-electron chi connectivity index (χ1n) is 7.76. The zero-order chi connectivity index (χ0) is 16.7. The van der Waals surface area contributed by atoms with Gasteiger partial charge in [0.2, 0.25) is 0 Å². The molecule has 1 unspecified atom stereocenters. The molecular weight excluding hydrogens is 310 g/mol. The maximum atomic E-state index is 12.2. The Hall–Kier alpha value is -1.84. The lowest BCUT2D eigenvalue weighted by molar-refractivity contribution is -0.145. The van der Waals surface area contributed by atoms with Gasteiger partial charge < -0.3 is 10.1 Å². The van der Waals surface area contributed by atoms with Crippen molar-refractivity contribution in [3.8, 4) is 0 Å². The highest BCUT2D eigenvalue weighted by atomic mass is 35.5. The van der Waals surface area contributed by atoms with E-state index in [4.69, 9.17) is 16.3 Å². The van der Waals surface area contributed by atoms with Gasteiger partial charge in [-0.3, -0.25) is 4.79 Å². The molecule has 0 aromatic heterocycles. The molecule has 0 aliphatic carbocycles. The summed E-state index contributed by atoms with van der Waals surface area (Å²) in [5.74, 6) is -0.244. The van der Waals surface area contributed by atoms with Crippen LogP contribution in [0.25, 0.3) is 0 Å². The molecule has 0 spiro atoms. The van der Waals surface area contributed by atoms with E-state index in [1.165, 1.54) is 0 Å². The highest BCUT2D eigenvalue weighted by Gasteiger charge is 2.20. The zero-order valence-electron chi connectivity index (χ0n) is 13.5. The highest BCUT2D eigenvalue weighted by Crippen LogP contribution is 2.26. The van der Waals surface area contributed by atoms with Gasteiger partial charge in [-0.25, -0.2) is 0 Å². The largest absolute Gasteiger partial charge is 0.461 e. The van der Waals surface area contributed by atoms with Gasteiger partial charge in [-0.15, -0.1) is 0 Å². The summed E-state index contributed by atoms with van der Waals surface area (Å²) in [6, 6.07) is 17.3. The average Bonchev–Trinajstić information content (AvgIpc) is 2.53. The van der Waals surface area contributed by atoms with Crippen LogP contribution in [0, 0.1) is 0 Å². The highest BCUT2D eigenvalue weighted by molar-refractivity contribution is 6.31. The predicted octanol–water partition coefficient (Wildman–Crippen LogP) is 4.51. The Kier molecular flexibility index (Phi) is 6.63. The number of hydrogen-bond acceptors (Lipinski definition) is 3. The standard InChI is InChI=1S/C19H22ClNO2/c1-14(2)21-18(16-10-6-7-11-17(16)20)12-19(22)23-13-15-8-4-3-5-9-15/h3-11,14,18,21H,12-13H2,1-2H3. The van der Waals surface area contributed by atoms with Crippen LogP contribution in [0.4, 0.5) is 0 Å². The smallest absolute Gasteiger partial charge is 0.308 e. The Morgan fingerprint density at radius 3 is 2.39 bits per heavy atom. The number of halogens is 1. The molecule has 122 valence electrons. The number of benzene rings is 2.